The molecule has 2 aromatic rings. The van der Waals surface area contributed by atoms with Gasteiger partial charge in [-0.25, -0.2) is 13.1 Å². The van der Waals surface area contributed by atoms with Crippen LogP contribution in [0.4, 0.5) is 5.69 Å². The quantitative estimate of drug-likeness (QED) is 0.671. The number of hydrogen-bond donors (Lipinski definition) is 2. The number of anilines is 1. The van der Waals surface area contributed by atoms with Crippen LogP contribution in [0.3, 0.4) is 0 Å². The lowest BCUT2D eigenvalue weighted by molar-refractivity contribution is -0.114. The number of carbonyl (C=O) groups is 1. The summed E-state index contributed by atoms with van der Waals surface area (Å²) in [5.74, 6) is 0.501. The molecule has 8 heteroatoms. The van der Waals surface area contributed by atoms with Crippen LogP contribution < -0.4 is 14.8 Å². The lowest BCUT2D eigenvalue weighted by Crippen LogP contribution is -2.37. The average molecular weight is 432 g/mol. The Bertz CT molecular complexity index is 1000. The fraction of sp³-hybridized carbons (Fsp3) is 0.409. The van der Waals surface area contributed by atoms with Crippen molar-refractivity contribution in [3.63, 3.8) is 0 Å². The van der Waals surface area contributed by atoms with Crippen molar-refractivity contribution < 1.29 is 17.9 Å². The standard InChI is InChI=1S/C22H29N3O4S/c1-16-9-10-19(24-17(2)26)14-22(16)30(27,28)23-15-21(25-11-4-5-12-25)18-7-6-8-20(13-18)29-3/h6-10,13-14,21,23H,4-5,11-12,15H2,1-3H3,(H,24,26). The molecular formula is C22H29N3O4S. The number of ether oxygens (including phenoxy) is 1. The fourth-order valence-electron chi connectivity index (χ4n) is 3.80. The Morgan fingerprint density at radius 1 is 1.17 bits per heavy atom. The van der Waals surface area contributed by atoms with Crippen molar-refractivity contribution in [1.29, 1.82) is 0 Å². The zero-order chi connectivity index (χ0) is 21.7. The van der Waals surface area contributed by atoms with Crippen LogP contribution in [-0.2, 0) is 14.8 Å². The summed E-state index contributed by atoms with van der Waals surface area (Å²) < 4.78 is 34.3. The third-order valence-electron chi connectivity index (χ3n) is 5.32. The molecule has 1 amide bonds. The fourth-order valence-corrected chi connectivity index (χ4v) is 5.10. The molecule has 0 radical (unpaired) electrons. The van der Waals surface area contributed by atoms with E-state index in [0.717, 1.165) is 37.2 Å². The Labute approximate surface area is 178 Å². The number of amides is 1. The topological polar surface area (TPSA) is 87.7 Å². The van der Waals surface area contributed by atoms with Gasteiger partial charge in [-0.2, -0.15) is 0 Å². The highest BCUT2D eigenvalue weighted by molar-refractivity contribution is 7.89. The molecule has 0 bridgehead atoms. The molecule has 0 spiro atoms. The van der Waals surface area contributed by atoms with E-state index in [1.807, 2.05) is 24.3 Å². The molecule has 1 saturated heterocycles. The molecule has 1 atom stereocenters. The normalized spacial score (nSPS) is 15.7. The third kappa shape index (κ3) is 5.38. The van der Waals surface area contributed by atoms with Crippen LogP contribution >= 0.6 is 0 Å². The van der Waals surface area contributed by atoms with Gasteiger partial charge in [0.15, 0.2) is 0 Å². The number of sulfonamides is 1. The number of hydrogen-bond acceptors (Lipinski definition) is 5. The number of benzene rings is 2. The predicted molar refractivity (Wildman–Crippen MR) is 117 cm³/mol. The molecule has 1 aliphatic rings. The van der Waals surface area contributed by atoms with Crippen LogP contribution in [0.15, 0.2) is 47.4 Å². The molecule has 30 heavy (non-hydrogen) atoms. The van der Waals surface area contributed by atoms with E-state index in [4.69, 9.17) is 4.74 Å². The van der Waals surface area contributed by atoms with Crippen LogP contribution in [-0.4, -0.2) is 46.0 Å². The molecular weight excluding hydrogens is 402 g/mol. The molecule has 3 rings (SSSR count). The Hall–Kier alpha value is -2.42. The summed E-state index contributed by atoms with van der Waals surface area (Å²) in [6.07, 6.45) is 2.20. The molecule has 162 valence electrons. The second kappa shape index (κ2) is 9.59. The van der Waals surface area contributed by atoms with Gasteiger partial charge in [-0.1, -0.05) is 18.2 Å². The first-order valence-electron chi connectivity index (χ1n) is 10.1. The number of methoxy groups -OCH3 is 1. The molecule has 2 N–H and O–H groups in total. The van der Waals surface area contributed by atoms with Gasteiger partial charge in [-0.3, -0.25) is 9.69 Å². The van der Waals surface area contributed by atoms with E-state index in [9.17, 15) is 13.2 Å². The molecule has 1 heterocycles. The monoisotopic (exact) mass is 431 g/mol. The van der Waals surface area contributed by atoms with Gasteiger partial charge < -0.3 is 10.1 Å². The van der Waals surface area contributed by atoms with Crippen LogP contribution in [0.2, 0.25) is 0 Å². The molecule has 1 unspecified atom stereocenters. The number of rotatable bonds is 8. The summed E-state index contributed by atoms with van der Waals surface area (Å²) in [5.41, 5.74) is 2.09. The van der Waals surface area contributed by atoms with Gasteiger partial charge in [0, 0.05) is 25.2 Å². The van der Waals surface area contributed by atoms with Gasteiger partial charge in [0.05, 0.1) is 12.0 Å². The molecule has 0 aromatic heterocycles. The average Bonchev–Trinajstić information content (AvgIpc) is 3.23. The maximum Gasteiger partial charge on any atom is 0.240 e. The molecule has 0 aliphatic carbocycles. The van der Waals surface area contributed by atoms with Crippen LogP contribution in [0.5, 0.6) is 5.75 Å². The number of aryl methyl sites for hydroxylation is 1. The van der Waals surface area contributed by atoms with Gasteiger partial charge >= 0.3 is 0 Å². The Morgan fingerprint density at radius 3 is 2.57 bits per heavy atom. The van der Waals surface area contributed by atoms with Crippen molar-refractivity contribution in [2.45, 2.75) is 37.6 Å². The maximum atomic E-state index is 13.1. The lowest BCUT2D eigenvalue weighted by Gasteiger charge is -2.28. The molecule has 1 aliphatic heterocycles. The van der Waals surface area contributed by atoms with E-state index in [1.165, 1.54) is 13.0 Å². The number of carbonyl (C=O) groups excluding carboxylic acids is 1. The second-order valence-corrected chi connectivity index (χ2v) is 9.28. The van der Waals surface area contributed by atoms with Gasteiger partial charge in [0.1, 0.15) is 5.75 Å². The Balaban J connectivity index is 1.84. The van der Waals surface area contributed by atoms with Crippen molar-refractivity contribution in [3.8, 4) is 5.75 Å². The van der Waals surface area contributed by atoms with Crippen molar-refractivity contribution in [2.24, 2.45) is 0 Å². The minimum absolute atomic E-state index is 0.0868. The van der Waals surface area contributed by atoms with E-state index in [0.29, 0.717) is 11.3 Å². The summed E-state index contributed by atoms with van der Waals surface area (Å²) in [6.45, 7) is 5.24. The lowest BCUT2D eigenvalue weighted by atomic mass is 10.1. The summed E-state index contributed by atoms with van der Waals surface area (Å²) in [7, 11) is -2.13. The first-order valence-corrected chi connectivity index (χ1v) is 11.5. The maximum absolute atomic E-state index is 13.1. The molecule has 1 fully saturated rings. The second-order valence-electron chi connectivity index (χ2n) is 7.55. The third-order valence-corrected chi connectivity index (χ3v) is 6.89. The van der Waals surface area contributed by atoms with E-state index in [1.54, 1.807) is 26.2 Å². The van der Waals surface area contributed by atoms with Crippen LogP contribution in [0.1, 0.15) is 36.9 Å². The van der Waals surface area contributed by atoms with E-state index in [-0.39, 0.29) is 23.4 Å². The minimum Gasteiger partial charge on any atom is -0.497 e. The summed E-state index contributed by atoms with van der Waals surface area (Å²) in [5, 5.41) is 2.64. The van der Waals surface area contributed by atoms with Crippen molar-refractivity contribution in [1.82, 2.24) is 9.62 Å². The minimum atomic E-state index is -3.76. The molecule has 7 nitrogen and oxygen atoms in total. The Morgan fingerprint density at radius 2 is 1.90 bits per heavy atom. The first kappa shape index (κ1) is 22.3. The molecule has 0 saturated carbocycles. The number of nitrogens with zero attached hydrogens (tertiary/aromatic N) is 1. The predicted octanol–water partition coefficient (Wildman–Crippen LogP) is 3.08. The van der Waals surface area contributed by atoms with E-state index < -0.39 is 10.0 Å². The number of nitrogens with one attached hydrogen (secondary N) is 2. The largest absolute Gasteiger partial charge is 0.497 e. The first-order chi connectivity index (χ1) is 14.3. The number of likely N-dealkylation sites (tertiary alicyclic amines) is 1. The summed E-state index contributed by atoms with van der Waals surface area (Å²) in [4.78, 5) is 13.8. The summed E-state index contributed by atoms with van der Waals surface area (Å²) in [6, 6.07) is 12.6. The van der Waals surface area contributed by atoms with Crippen LogP contribution in [0.25, 0.3) is 0 Å². The summed E-state index contributed by atoms with van der Waals surface area (Å²) >= 11 is 0. The van der Waals surface area contributed by atoms with Crippen molar-refractivity contribution in [2.75, 3.05) is 32.1 Å². The smallest absolute Gasteiger partial charge is 0.240 e. The van der Waals surface area contributed by atoms with E-state index >= 15 is 0 Å². The highest BCUT2D eigenvalue weighted by Gasteiger charge is 2.26. The van der Waals surface area contributed by atoms with Crippen molar-refractivity contribution >= 4 is 21.6 Å². The van der Waals surface area contributed by atoms with Gasteiger partial charge in [0.25, 0.3) is 0 Å². The highest BCUT2D eigenvalue weighted by atomic mass is 32.2. The van der Waals surface area contributed by atoms with Gasteiger partial charge in [-0.15, -0.1) is 0 Å². The van der Waals surface area contributed by atoms with Crippen LogP contribution in [0, 0.1) is 6.92 Å². The van der Waals surface area contributed by atoms with E-state index in [2.05, 4.69) is 14.9 Å². The van der Waals surface area contributed by atoms with Gasteiger partial charge in [0.2, 0.25) is 15.9 Å². The Kier molecular flexibility index (Phi) is 7.12. The van der Waals surface area contributed by atoms with Crippen molar-refractivity contribution in [3.05, 3.63) is 53.6 Å². The zero-order valence-electron chi connectivity index (χ0n) is 17.6. The SMILES string of the molecule is COc1cccc(C(CNS(=O)(=O)c2cc(NC(C)=O)ccc2C)N2CCCC2)c1. The zero-order valence-corrected chi connectivity index (χ0v) is 18.5. The highest BCUT2D eigenvalue weighted by Crippen LogP contribution is 2.28. The van der Waals surface area contributed by atoms with Gasteiger partial charge in [-0.05, 0) is 68.2 Å². The molecule has 2 aromatic carbocycles.